The number of carbonyl (C=O) groups excluding carboxylic acids is 4. The van der Waals surface area contributed by atoms with Crippen molar-refractivity contribution in [3.05, 3.63) is 105 Å². The van der Waals surface area contributed by atoms with Crippen LogP contribution in [0.5, 0.6) is 0 Å². The van der Waals surface area contributed by atoms with Crippen LogP contribution in [0.15, 0.2) is 70.8 Å². The van der Waals surface area contributed by atoms with Crippen LogP contribution in [0, 0.1) is 13.8 Å². The highest BCUT2D eigenvalue weighted by Crippen LogP contribution is 2.23. The summed E-state index contributed by atoms with van der Waals surface area (Å²) in [5.74, 6) is -0.973. The van der Waals surface area contributed by atoms with E-state index >= 15 is 0 Å². The van der Waals surface area contributed by atoms with Crippen molar-refractivity contribution in [3.63, 3.8) is 0 Å². The summed E-state index contributed by atoms with van der Waals surface area (Å²) in [7, 11) is 0. The molecule has 1 amide bonds. The van der Waals surface area contributed by atoms with Crippen molar-refractivity contribution in [2.75, 3.05) is 6.54 Å². The standard InChI is InChI=1S/C29H23N3O4/c1-16-3-5-20-13-24(33)27(22(20)11-16)30-15-26(35)18-7-9-19(10-8-18)29(36)32-31-28-23-12-17(2)4-6-21(23)14-25(28)34/h3-12H,13-15H2,1-2H3,(H,32,36)/b30-27+,31-28+. The molecule has 0 heterocycles. The average Bonchev–Trinajstić information content (AvgIpc) is 3.35. The highest BCUT2D eigenvalue weighted by Gasteiger charge is 2.27. The van der Waals surface area contributed by atoms with Crippen molar-refractivity contribution in [1.82, 2.24) is 5.43 Å². The quantitative estimate of drug-likeness (QED) is 0.449. The number of hydrogen-bond donors (Lipinski definition) is 1. The van der Waals surface area contributed by atoms with Gasteiger partial charge in [0.05, 0.1) is 0 Å². The number of amides is 1. The van der Waals surface area contributed by atoms with Gasteiger partial charge in [-0.3, -0.25) is 24.2 Å². The Hall–Kier alpha value is -4.52. The number of fused-ring (bicyclic) bond motifs is 2. The molecule has 0 atom stereocenters. The monoisotopic (exact) mass is 477 g/mol. The fourth-order valence-corrected chi connectivity index (χ4v) is 4.46. The summed E-state index contributed by atoms with van der Waals surface area (Å²) in [4.78, 5) is 54.2. The summed E-state index contributed by atoms with van der Waals surface area (Å²) in [6.07, 6.45) is 0.565. The van der Waals surface area contributed by atoms with Crippen LogP contribution in [0.1, 0.15) is 54.1 Å². The third-order valence-electron chi connectivity index (χ3n) is 6.39. The molecule has 0 bridgehead atoms. The molecule has 5 rings (SSSR count). The highest BCUT2D eigenvalue weighted by molar-refractivity contribution is 6.50. The first-order valence-corrected chi connectivity index (χ1v) is 11.6. The van der Waals surface area contributed by atoms with Crippen LogP contribution in [-0.4, -0.2) is 41.2 Å². The topological polar surface area (TPSA) is 105 Å². The molecule has 7 heteroatoms. The van der Waals surface area contributed by atoms with Crippen LogP contribution >= 0.6 is 0 Å². The van der Waals surface area contributed by atoms with Crippen molar-refractivity contribution in [1.29, 1.82) is 0 Å². The van der Waals surface area contributed by atoms with Crippen LogP contribution < -0.4 is 5.43 Å². The molecular weight excluding hydrogens is 454 g/mol. The van der Waals surface area contributed by atoms with Crippen molar-refractivity contribution in [2.24, 2.45) is 10.1 Å². The third kappa shape index (κ3) is 4.43. The number of ketones is 3. The van der Waals surface area contributed by atoms with E-state index in [9.17, 15) is 19.2 Å². The molecule has 2 aliphatic carbocycles. The maximum atomic E-state index is 12.7. The zero-order valence-electron chi connectivity index (χ0n) is 19.9. The lowest BCUT2D eigenvalue weighted by molar-refractivity contribution is -0.112. The predicted molar refractivity (Wildman–Crippen MR) is 136 cm³/mol. The number of aryl methyl sites for hydroxylation is 2. The largest absolute Gasteiger partial charge is 0.292 e. The molecule has 0 saturated carbocycles. The normalized spacial score (nSPS) is 16.4. The molecule has 36 heavy (non-hydrogen) atoms. The van der Waals surface area contributed by atoms with Gasteiger partial charge < -0.3 is 0 Å². The molecule has 0 radical (unpaired) electrons. The van der Waals surface area contributed by atoms with Gasteiger partial charge in [0.2, 0.25) is 0 Å². The van der Waals surface area contributed by atoms with Crippen LogP contribution in [-0.2, 0) is 22.4 Å². The number of Topliss-reactive ketones (excluding diaryl/α,β-unsaturated/α-hetero) is 3. The van der Waals surface area contributed by atoms with Gasteiger partial charge >= 0.3 is 0 Å². The maximum Gasteiger partial charge on any atom is 0.271 e. The predicted octanol–water partition coefficient (Wildman–Crippen LogP) is 3.36. The smallest absolute Gasteiger partial charge is 0.271 e. The van der Waals surface area contributed by atoms with Crippen LogP contribution in [0.2, 0.25) is 0 Å². The lowest BCUT2D eigenvalue weighted by Crippen LogP contribution is -2.22. The molecule has 7 nitrogen and oxygen atoms in total. The van der Waals surface area contributed by atoms with E-state index in [2.05, 4.69) is 15.5 Å². The van der Waals surface area contributed by atoms with E-state index < -0.39 is 5.91 Å². The van der Waals surface area contributed by atoms with Gasteiger partial charge in [-0.25, -0.2) is 5.43 Å². The molecule has 3 aromatic rings. The third-order valence-corrected chi connectivity index (χ3v) is 6.39. The van der Waals surface area contributed by atoms with Crippen molar-refractivity contribution >= 4 is 34.7 Å². The van der Waals surface area contributed by atoms with E-state index in [1.54, 1.807) is 12.1 Å². The summed E-state index contributed by atoms with van der Waals surface area (Å²) >= 11 is 0. The van der Waals surface area contributed by atoms with Gasteiger partial charge in [0.1, 0.15) is 18.0 Å². The van der Waals surface area contributed by atoms with Gasteiger partial charge in [-0.2, -0.15) is 5.10 Å². The van der Waals surface area contributed by atoms with Crippen molar-refractivity contribution in [3.8, 4) is 0 Å². The number of benzene rings is 3. The number of carbonyl (C=O) groups is 4. The maximum absolute atomic E-state index is 12.7. The van der Waals surface area contributed by atoms with Crippen LogP contribution in [0.25, 0.3) is 0 Å². The van der Waals surface area contributed by atoms with Gasteiger partial charge in [-0.05, 0) is 49.2 Å². The first-order chi connectivity index (χ1) is 17.3. The summed E-state index contributed by atoms with van der Waals surface area (Å²) in [5, 5.41) is 4.08. The molecule has 0 spiro atoms. The second kappa shape index (κ2) is 9.26. The Bertz CT molecular complexity index is 1400. The molecule has 0 aliphatic heterocycles. The summed E-state index contributed by atoms with van der Waals surface area (Å²) in [6.45, 7) is 3.72. The van der Waals surface area contributed by atoms with E-state index in [1.807, 2.05) is 50.2 Å². The number of nitrogens with zero attached hydrogens (tertiary/aromatic N) is 2. The van der Waals surface area contributed by atoms with Gasteiger partial charge in [0.15, 0.2) is 17.3 Å². The van der Waals surface area contributed by atoms with Gasteiger partial charge in [0, 0.05) is 35.1 Å². The van der Waals surface area contributed by atoms with Crippen molar-refractivity contribution in [2.45, 2.75) is 26.7 Å². The zero-order valence-corrected chi connectivity index (χ0v) is 19.9. The molecule has 0 unspecified atom stereocenters. The fourth-order valence-electron chi connectivity index (χ4n) is 4.46. The van der Waals surface area contributed by atoms with Gasteiger partial charge in [0.25, 0.3) is 5.91 Å². The van der Waals surface area contributed by atoms with E-state index in [1.165, 1.54) is 12.1 Å². The van der Waals surface area contributed by atoms with E-state index in [-0.39, 0.29) is 36.0 Å². The minimum atomic E-state index is -0.487. The Morgan fingerprint density at radius 3 is 1.89 bits per heavy atom. The van der Waals surface area contributed by atoms with E-state index in [0.717, 1.165) is 33.4 Å². The number of hydrazone groups is 1. The van der Waals surface area contributed by atoms with Crippen LogP contribution in [0.3, 0.4) is 0 Å². The van der Waals surface area contributed by atoms with Gasteiger partial charge in [-0.1, -0.05) is 47.5 Å². The number of nitrogens with one attached hydrogen (secondary N) is 1. The van der Waals surface area contributed by atoms with E-state index in [0.29, 0.717) is 23.3 Å². The van der Waals surface area contributed by atoms with E-state index in [4.69, 9.17) is 0 Å². The summed E-state index contributed by atoms with van der Waals surface area (Å²) < 4.78 is 0. The molecule has 0 saturated heterocycles. The molecule has 3 aromatic carbocycles. The van der Waals surface area contributed by atoms with Crippen molar-refractivity contribution < 1.29 is 19.2 Å². The zero-order chi connectivity index (χ0) is 25.4. The molecule has 0 aromatic heterocycles. The fraction of sp³-hybridized carbons (Fsp3) is 0.172. The summed E-state index contributed by atoms with van der Waals surface area (Å²) in [6, 6.07) is 17.6. The first kappa shape index (κ1) is 23.2. The Kier molecular flexibility index (Phi) is 5.98. The second-order valence-corrected chi connectivity index (χ2v) is 9.09. The number of aliphatic imine (C=N–C) groups is 1. The molecule has 1 N–H and O–H groups in total. The highest BCUT2D eigenvalue weighted by atomic mass is 16.2. The molecule has 178 valence electrons. The number of hydrogen-bond acceptors (Lipinski definition) is 6. The Balaban J connectivity index is 1.26. The Morgan fingerprint density at radius 2 is 1.28 bits per heavy atom. The minimum absolute atomic E-state index is 0.0874. The lowest BCUT2D eigenvalue weighted by atomic mass is 10.1. The molecule has 0 fully saturated rings. The molecular formula is C29H23N3O4. The summed E-state index contributed by atoms with van der Waals surface area (Å²) in [5.41, 5.74) is 9.09. The van der Waals surface area contributed by atoms with Gasteiger partial charge in [-0.15, -0.1) is 0 Å². The molecule has 2 aliphatic rings. The minimum Gasteiger partial charge on any atom is -0.292 e. The van der Waals surface area contributed by atoms with Crippen LogP contribution in [0.4, 0.5) is 0 Å². The SMILES string of the molecule is Cc1ccc2c(c1)/C(=N\CC(=O)c1ccc(C(=O)N/N=C3/C(=O)Cc4ccc(C)cc43)cc1)C(=O)C2. The second-order valence-electron chi connectivity index (χ2n) is 9.09. The number of rotatable bonds is 5. The average molecular weight is 478 g/mol. The lowest BCUT2D eigenvalue weighted by Gasteiger charge is -2.04. The Morgan fingerprint density at radius 1 is 0.750 bits per heavy atom. The Labute approximate surface area is 208 Å². The first-order valence-electron chi connectivity index (χ1n) is 11.6.